The van der Waals surface area contributed by atoms with Crippen molar-refractivity contribution in [2.24, 2.45) is 5.41 Å². The summed E-state index contributed by atoms with van der Waals surface area (Å²) >= 11 is 6.04. The van der Waals surface area contributed by atoms with Gasteiger partial charge in [-0.25, -0.2) is 0 Å². The predicted molar refractivity (Wildman–Crippen MR) is 118 cm³/mol. The lowest BCUT2D eigenvalue weighted by Crippen LogP contribution is -2.22. The zero-order valence-corrected chi connectivity index (χ0v) is 18.7. The van der Waals surface area contributed by atoms with Crippen LogP contribution in [0.15, 0.2) is 42.5 Å². The summed E-state index contributed by atoms with van der Waals surface area (Å²) in [5.41, 5.74) is 2.28. The van der Waals surface area contributed by atoms with Crippen molar-refractivity contribution in [2.45, 2.75) is 46.5 Å². The Labute approximate surface area is 181 Å². The molecule has 0 radical (unpaired) electrons. The van der Waals surface area contributed by atoms with E-state index in [4.69, 9.17) is 11.6 Å². The van der Waals surface area contributed by atoms with E-state index < -0.39 is 5.41 Å². The maximum Gasteiger partial charge on any atom is 0.163 e. The fourth-order valence-electron chi connectivity index (χ4n) is 3.12. The maximum absolute atomic E-state index is 13.1. The molecule has 0 fully saturated rings. The number of carbonyl (C=O) groups is 1. The van der Waals surface area contributed by atoms with Crippen LogP contribution in [0.25, 0.3) is 16.8 Å². The van der Waals surface area contributed by atoms with Crippen molar-refractivity contribution in [1.29, 1.82) is 0 Å². The minimum atomic E-state index is -0.501. The Kier molecular flexibility index (Phi) is 6.11. The van der Waals surface area contributed by atoms with Crippen LogP contribution in [0.5, 0.6) is 0 Å². The number of aromatic nitrogens is 4. The van der Waals surface area contributed by atoms with E-state index in [-0.39, 0.29) is 24.2 Å². The van der Waals surface area contributed by atoms with Crippen LogP contribution in [-0.2, 0) is 5.41 Å². The average Bonchev–Trinajstić information content (AvgIpc) is 3.18. The van der Waals surface area contributed by atoms with Gasteiger partial charge < -0.3 is 5.11 Å². The first-order valence-corrected chi connectivity index (χ1v) is 10.2. The van der Waals surface area contributed by atoms with Crippen LogP contribution in [0, 0.1) is 5.41 Å². The molecule has 30 heavy (non-hydrogen) atoms. The molecule has 0 bridgehead atoms. The van der Waals surface area contributed by atoms with Crippen LogP contribution in [0.3, 0.4) is 0 Å². The van der Waals surface area contributed by atoms with Gasteiger partial charge in [-0.05, 0) is 57.3 Å². The molecule has 3 aromatic rings. The molecule has 1 heterocycles. The van der Waals surface area contributed by atoms with E-state index in [1.165, 1.54) is 0 Å². The fourth-order valence-corrected chi connectivity index (χ4v) is 3.25. The SMILES string of the molecule is CC(C)(CO)CC(=O)c1cc(-c2ccc(Cl)cc2)cc(-n2nnnc2C(C)(C)C)c1. The van der Waals surface area contributed by atoms with Gasteiger partial charge in [-0.1, -0.05) is 58.4 Å². The number of tetrazole rings is 1. The summed E-state index contributed by atoms with van der Waals surface area (Å²) in [5.74, 6) is 0.654. The molecule has 1 N–H and O–H groups in total. The highest BCUT2D eigenvalue weighted by Gasteiger charge is 2.25. The molecule has 0 atom stereocenters. The van der Waals surface area contributed by atoms with Crippen LogP contribution < -0.4 is 0 Å². The number of halogens is 1. The molecular weight excluding hydrogens is 400 g/mol. The third kappa shape index (κ3) is 4.94. The number of benzene rings is 2. The van der Waals surface area contributed by atoms with Gasteiger partial charge in [0, 0.05) is 29.0 Å². The predicted octanol–water partition coefficient (Wildman–Crippen LogP) is 4.87. The van der Waals surface area contributed by atoms with E-state index in [9.17, 15) is 9.90 Å². The standard InChI is InChI=1S/C23H27ClN4O2/c1-22(2,3)21-25-26-27-28(21)19-11-16(15-6-8-18(24)9-7-15)10-17(12-19)20(30)13-23(4,5)14-29/h6-12,29H,13-14H2,1-5H3. The van der Waals surface area contributed by atoms with Gasteiger partial charge in [-0.15, -0.1) is 5.10 Å². The first-order valence-electron chi connectivity index (χ1n) is 9.84. The number of aliphatic hydroxyl groups excluding tert-OH is 1. The van der Waals surface area contributed by atoms with Crippen molar-refractivity contribution < 1.29 is 9.90 Å². The third-order valence-electron chi connectivity index (χ3n) is 4.87. The molecule has 0 aliphatic rings. The molecule has 0 amide bonds. The summed E-state index contributed by atoms with van der Waals surface area (Å²) in [6.07, 6.45) is 0.231. The number of nitrogens with zero attached hydrogens (tertiary/aromatic N) is 4. The minimum absolute atomic E-state index is 0.0449. The summed E-state index contributed by atoms with van der Waals surface area (Å²) in [4.78, 5) is 13.1. The van der Waals surface area contributed by atoms with Gasteiger partial charge in [0.1, 0.15) is 0 Å². The number of aliphatic hydroxyl groups is 1. The first kappa shape index (κ1) is 22.1. The maximum atomic E-state index is 13.1. The number of hydrogen-bond donors (Lipinski definition) is 1. The lowest BCUT2D eigenvalue weighted by atomic mass is 9.86. The van der Waals surface area contributed by atoms with Crippen LogP contribution >= 0.6 is 11.6 Å². The normalized spacial score (nSPS) is 12.2. The third-order valence-corrected chi connectivity index (χ3v) is 5.12. The Morgan fingerprint density at radius 1 is 1.03 bits per heavy atom. The van der Waals surface area contributed by atoms with Gasteiger partial charge >= 0.3 is 0 Å². The molecule has 0 spiro atoms. The van der Waals surface area contributed by atoms with Gasteiger partial charge in [0.05, 0.1) is 5.69 Å². The van der Waals surface area contributed by atoms with Gasteiger partial charge in [-0.3, -0.25) is 4.79 Å². The molecule has 0 saturated heterocycles. The van der Waals surface area contributed by atoms with E-state index in [1.54, 1.807) is 10.7 Å². The molecule has 3 rings (SSSR count). The quantitative estimate of drug-likeness (QED) is 0.568. The molecule has 0 aliphatic heterocycles. The molecule has 7 heteroatoms. The summed E-state index contributed by atoms with van der Waals surface area (Å²) in [7, 11) is 0. The molecule has 0 aliphatic carbocycles. The number of ketones is 1. The molecule has 158 valence electrons. The molecule has 6 nitrogen and oxygen atoms in total. The fraction of sp³-hybridized carbons (Fsp3) is 0.391. The van der Waals surface area contributed by atoms with E-state index in [0.29, 0.717) is 22.1 Å². The van der Waals surface area contributed by atoms with Crippen LogP contribution in [0.4, 0.5) is 0 Å². The van der Waals surface area contributed by atoms with Crippen molar-refractivity contribution in [3.63, 3.8) is 0 Å². The zero-order chi connectivity index (χ0) is 22.1. The first-order chi connectivity index (χ1) is 14.0. The Morgan fingerprint density at radius 3 is 2.30 bits per heavy atom. The monoisotopic (exact) mass is 426 g/mol. The van der Waals surface area contributed by atoms with Crippen molar-refractivity contribution in [2.75, 3.05) is 6.61 Å². The number of rotatable bonds is 6. The van der Waals surface area contributed by atoms with Crippen molar-refractivity contribution >= 4 is 17.4 Å². The van der Waals surface area contributed by atoms with Gasteiger partial charge in [-0.2, -0.15) is 4.68 Å². The van der Waals surface area contributed by atoms with Crippen LogP contribution in [0.1, 0.15) is 57.2 Å². The second-order valence-corrected chi connectivity index (χ2v) is 9.80. The van der Waals surface area contributed by atoms with Gasteiger partial charge in [0.25, 0.3) is 0 Å². The summed E-state index contributed by atoms with van der Waals surface area (Å²) in [6.45, 7) is 9.78. The highest BCUT2D eigenvalue weighted by Crippen LogP contribution is 2.30. The molecule has 2 aromatic carbocycles. The zero-order valence-electron chi connectivity index (χ0n) is 18.0. The summed E-state index contributed by atoms with van der Waals surface area (Å²) < 4.78 is 1.67. The molecule has 1 aromatic heterocycles. The number of carbonyl (C=O) groups excluding carboxylic acids is 1. The Bertz CT molecular complexity index is 1050. The van der Waals surface area contributed by atoms with Crippen molar-refractivity contribution in [3.8, 4) is 16.8 Å². The molecule has 0 saturated carbocycles. The largest absolute Gasteiger partial charge is 0.396 e. The minimum Gasteiger partial charge on any atom is -0.396 e. The van der Waals surface area contributed by atoms with E-state index in [2.05, 4.69) is 15.5 Å². The number of hydrogen-bond acceptors (Lipinski definition) is 5. The average molecular weight is 427 g/mol. The second-order valence-electron chi connectivity index (χ2n) is 9.36. The van der Waals surface area contributed by atoms with Crippen LogP contribution in [0.2, 0.25) is 5.02 Å². The lowest BCUT2D eigenvalue weighted by molar-refractivity contribution is 0.0858. The highest BCUT2D eigenvalue weighted by molar-refractivity contribution is 6.30. The topological polar surface area (TPSA) is 80.9 Å². The smallest absolute Gasteiger partial charge is 0.163 e. The Hall–Kier alpha value is -2.57. The van der Waals surface area contributed by atoms with Gasteiger partial charge in [0.2, 0.25) is 0 Å². The van der Waals surface area contributed by atoms with Gasteiger partial charge in [0.15, 0.2) is 11.6 Å². The van der Waals surface area contributed by atoms with Crippen LogP contribution in [-0.4, -0.2) is 37.7 Å². The lowest BCUT2D eigenvalue weighted by Gasteiger charge is -2.21. The molecular formula is C23H27ClN4O2. The van der Waals surface area contributed by atoms with E-state index in [1.807, 2.05) is 71.0 Å². The highest BCUT2D eigenvalue weighted by atomic mass is 35.5. The van der Waals surface area contributed by atoms with E-state index >= 15 is 0 Å². The second kappa shape index (κ2) is 8.28. The summed E-state index contributed by atoms with van der Waals surface area (Å²) in [6, 6.07) is 13.1. The Balaban J connectivity index is 2.15. The summed E-state index contributed by atoms with van der Waals surface area (Å²) in [5, 5.41) is 22.4. The number of Topliss-reactive ketones (excluding diaryl/α,β-unsaturated/α-hetero) is 1. The van der Waals surface area contributed by atoms with Crippen molar-refractivity contribution in [3.05, 3.63) is 58.9 Å². The molecule has 0 unspecified atom stereocenters. The Morgan fingerprint density at radius 2 is 1.70 bits per heavy atom. The van der Waals surface area contributed by atoms with E-state index in [0.717, 1.165) is 11.1 Å². The van der Waals surface area contributed by atoms with Crippen molar-refractivity contribution in [1.82, 2.24) is 20.2 Å².